The van der Waals surface area contributed by atoms with Crippen molar-refractivity contribution >= 4 is 15.9 Å². The minimum atomic E-state index is -3.52. The lowest BCUT2D eigenvalue weighted by atomic mass is 10.1. The molecule has 0 bridgehead atoms. The second-order valence-corrected chi connectivity index (χ2v) is 9.00. The molecule has 27 heavy (non-hydrogen) atoms. The smallest absolute Gasteiger partial charge is 0.267 e. The topological polar surface area (TPSA) is 89.2 Å². The summed E-state index contributed by atoms with van der Waals surface area (Å²) in [5.41, 5.74) is 3.51. The van der Waals surface area contributed by atoms with E-state index in [1.165, 1.54) is 16.6 Å². The Bertz CT molecular complexity index is 952. The highest BCUT2D eigenvalue weighted by molar-refractivity contribution is 7.89. The first-order valence-electron chi connectivity index (χ1n) is 9.15. The summed E-state index contributed by atoms with van der Waals surface area (Å²) in [5.74, 6) is -0.278. The van der Waals surface area contributed by atoms with Crippen molar-refractivity contribution in [3.63, 3.8) is 0 Å². The highest BCUT2D eigenvalue weighted by Gasteiger charge is 2.29. The quantitative estimate of drug-likeness (QED) is 0.797. The second kappa shape index (κ2) is 7.47. The second-order valence-electron chi connectivity index (χ2n) is 7.06. The summed E-state index contributed by atoms with van der Waals surface area (Å²) in [4.78, 5) is 12.7. The molecule has 1 fully saturated rings. The van der Waals surface area contributed by atoms with Crippen LogP contribution < -0.4 is 5.32 Å². The molecule has 1 N–H and O–H groups in total. The average Bonchev–Trinajstić information content (AvgIpc) is 3.32. The molecule has 9 heteroatoms. The van der Waals surface area contributed by atoms with Gasteiger partial charge in [0.2, 0.25) is 10.0 Å². The number of rotatable bonds is 6. The highest BCUT2D eigenvalue weighted by atomic mass is 32.2. The molecule has 148 valence electrons. The molecule has 0 unspecified atom stereocenters. The Kier molecular flexibility index (Phi) is 5.43. The molecule has 2 aromatic heterocycles. The lowest BCUT2D eigenvalue weighted by Crippen LogP contribution is -2.28. The molecular formula is C18H27N5O3S. The number of amides is 1. The Morgan fingerprint density at radius 1 is 1.22 bits per heavy atom. The maximum Gasteiger partial charge on any atom is 0.267 e. The predicted octanol–water partition coefficient (Wildman–Crippen LogP) is 1.13. The molecule has 2 aromatic rings. The van der Waals surface area contributed by atoms with Crippen LogP contribution >= 0.6 is 0 Å². The summed E-state index contributed by atoms with van der Waals surface area (Å²) in [6.45, 7) is 5.51. The maximum absolute atomic E-state index is 12.7. The minimum absolute atomic E-state index is 0.177. The van der Waals surface area contributed by atoms with Crippen LogP contribution in [0.3, 0.4) is 0 Å². The van der Waals surface area contributed by atoms with E-state index in [0.29, 0.717) is 31.7 Å². The fourth-order valence-electron chi connectivity index (χ4n) is 3.55. The van der Waals surface area contributed by atoms with E-state index in [1.807, 2.05) is 25.6 Å². The number of aryl methyl sites for hydroxylation is 3. The first kappa shape index (κ1) is 19.6. The summed E-state index contributed by atoms with van der Waals surface area (Å²) in [6.07, 6.45) is 3.96. The molecule has 3 heterocycles. The van der Waals surface area contributed by atoms with Gasteiger partial charge in [0.15, 0.2) is 0 Å². The van der Waals surface area contributed by atoms with Gasteiger partial charge in [-0.3, -0.25) is 9.48 Å². The zero-order chi connectivity index (χ0) is 19.8. The van der Waals surface area contributed by atoms with Crippen LogP contribution in [0.5, 0.6) is 0 Å². The number of aromatic nitrogens is 3. The first-order valence-corrected chi connectivity index (χ1v) is 10.6. The Labute approximate surface area is 160 Å². The van der Waals surface area contributed by atoms with E-state index in [1.54, 1.807) is 11.6 Å². The monoisotopic (exact) mass is 393 g/mol. The number of carbonyl (C=O) groups excluding carboxylic acids is 1. The SMILES string of the molecule is Cc1nn(C)c(C)c1CCNC(=O)c1cc(S(=O)(=O)N2CCCC2)cn1C. The number of nitrogens with zero attached hydrogens (tertiary/aromatic N) is 4. The summed E-state index contributed by atoms with van der Waals surface area (Å²) >= 11 is 0. The van der Waals surface area contributed by atoms with E-state index in [2.05, 4.69) is 10.4 Å². The van der Waals surface area contributed by atoms with E-state index in [-0.39, 0.29) is 10.8 Å². The fraction of sp³-hybridized carbons (Fsp3) is 0.556. The number of nitrogens with one attached hydrogen (secondary N) is 1. The third-order valence-corrected chi connectivity index (χ3v) is 7.10. The van der Waals surface area contributed by atoms with Crippen LogP contribution in [0, 0.1) is 13.8 Å². The largest absolute Gasteiger partial charge is 0.350 e. The summed E-state index contributed by atoms with van der Waals surface area (Å²) < 4.78 is 30.2. The van der Waals surface area contributed by atoms with Crippen molar-refractivity contribution in [2.24, 2.45) is 14.1 Å². The molecule has 0 spiro atoms. The Hall–Kier alpha value is -2.13. The zero-order valence-electron chi connectivity index (χ0n) is 16.3. The van der Waals surface area contributed by atoms with Crippen molar-refractivity contribution < 1.29 is 13.2 Å². The van der Waals surface area contributed by atoms with E-state index >= 15 is 0 Å². The molecule has 0 aromatic carbocycles. The van der Waals surface area contributed by atoms with Crippen LogP contribution in [-0.2, 0) is 30.5 Å². The van der Waals surface area contributed by atoms with Crippen molar-refractivity contribution in [1.82, 2.24) is 24.0 Å². The van der Waals surface area contributed by atoms with Crippen LogP contribution in [0.25, 0.3) is 0 Å². The molecule has 1 amide bonds. The van der Waals surface area contributed by atoms with Crippen LogP contribution in [0.4, 0.5) is 0 Å². The summed E-state index contributed by atoms with van der Waals surface area (Å²) in [7, 11) is 0.0630. The number of hydrogen-bond acceptors (Lipinski definition) is 4. The normalized spacial score (nSPS) is 15.4. The molecule has 1 aliphatic heterocycles. The van der Waals surface area contributed by atoms with Gasteiger partial charge in [0.05, 0.1) is 5.69 Å². The van der Waals surface area contributed by atoms with Crippen LogP contribution in [-0.4, -0.2) is 52.6 Å². The van der Waals surface area contributed by atoms with Gasteiger partial charge in [-0.25, -0.2) is 8.42 Å². The van der Waals surface area contributed by atoms with Crippen molar-refractivity contribution in [3.05, 3.63) is 34.9 Å². The molecular weight excluding hydrogens is 366 g/mol. The van der Waals surface area contributed by atoms with E-state index in [4.69, 9.17) is 0 Å². The average molecular weight is 394 g/mol. The van der Waals surface area contributed by atoms with Crippen LogP contribution in [0.1, 0.15) is 40.3 Å². The van der Waals surface area contributed by atoms with Crippen molar-refractivity contribution in [1.29, 1.82) is 0 Å². The first-order chi connectivity index (χ1) is 12.7. The fourth-order valence-corrected chi connectivity index (χ4v) is 5.14. The van der Waals surface area contributed by atoms with Gasteiger partial charge in [0, 0.05) is 45.6 Å². The van der Waals surface area contributed by atoms with Gasteiger partial charge in [0.25, 0.3) is 5.91 Å². The Morgan fingerprint density at radius 3 is 2.48 bits per heavy atom. The minimum Gasteiger partial charge on any atom is -0.350 e. The van der Waals surface area contributed by atoms with Gasteiger partial charge < -0.3 is 9.88 Å². The highest BCUT2D eigenvalue weighted by Crippen LogP contribution is 2.22. The number of carbonyl (C=O) groups is 1. The molecule has 0 aliphatic carbocycles. The summed E-state index contributed by atoms with van der Waals surface area (Å²) in [6, 6.07) is 1.46. The van der Waals surface area contributed by atoms with Gasteiger partial charge >= 0.3 is 0 Å². The molecule has 3 rings (SSSR count). The molecule has 1 saturated heterocycles. The van der Waals surface area contributed by atoms with E-state index in [0.717, 1.165) is 29.8 Å². The summed E-state index contributed by atoms with van der Waals surface area (Å²) in [5, 5.41) is 7.26. The standard InChI is InChI=1S/C18H27N5O3S/c1-13-16(14(2)22(4)20-13)7-8-19-18(24)17-11-15(12-21(17)3)27(25,26)23-9-5-6-10-23/h11-12H,5-10H2,1-4H3,(H,19,24). The Morgan fingerprint density at radius 2 is 1.89 bits per heavy atom. The van der Waals surface area contributed by atoms with Gasteiger partial charge in [-0.15, -0.1) is 0 Å². The van der Waals surface area contributed by atoms with E-state index in [9.17, 15) is 13.2 Å². The number of sulfonamides is 1. The third-order valence-electron chi connectivity index (χ3n) is 5.23. The zero-order valence-corrected chi connectivity index (χ0v) is 17.1. The van der Waals surface area contributed by atoms with Crippen molar-refractivity contribution in [3.8, 4) is 0 Å². The van der Waals surface area contributed by atoms with Gasteiger partial charge in [-0.2, -0.15) is 9.40 Å². The molecule has 0 atom stereocenters. The van der Waals surface area contributed by atoms with Crippen molar-refractivity contribution in [2.45, 2.75) is 38.0 Å². The van der Waals surface area contributed by atoms with E-state index < -0.39 is 10.0 Å². The maximum atomic E-state index is 12.7. The van der Waals surface area contributed by atoms with Crippen molar-refractivity contribution in [2.75, 3.05) is 19.6 Å². The van der Waals surface area contributed by atoms with Gasteiger partial charge in [-0.05, 0) is 44.7 Å². The Balaban J connectivity index is 1.68. The molecule has 8 nitrogen and oxygen atoms in total. The van der Waals surface area contributed by atoms with Gasteiger partial charge in [0.1, 0.15) is 10.6 Å². The third kappa shape index (κ3) is 3.79. The molecule has 0 radical (unpaired) electrons. The molecule has 1 aliphatic rings. The molecule has 0 saturated carbocycles. The predicted molar refractivity (Wildman–Crippen MR) is 102 cm³/mol. The van der Waals surface area contributed by atoms with Crippen LogP contribution in [0.2, 0.25) is 0 Å². The number of hydrogen-bond donors (Lipinski definition) is 1. The van der Waals surface area contributed by atoms with Gasteiger partial charge in [-0.1, -0.05) is 0 Å². The lowest BCUT2D eigenvalue weighted by Gasteiger charge is -2.13. The lowest BCUT2D eigenvalue weighted by molar-refractivity contribution is 0.0946. The van der Waals surface area contributed by atoms with Crippen LogP contribution in [0.15, 0.2) is 17.2 Å².